The molecule has 1 N–H and O–H groups in total. The van der Waals surface area contributed by atoms with E-state index in [4.69, 9.17) is 0 Å². The topological polar surface area (TPSA) is 32.3 Å². The summed E-state index contributed by atoms with van der Waals surface area (Å²) in [6.45, 7) is 6.20. The van der Waals surface area contributed by atoms with Crippen molar-refractivity contribution in [3.05, 3.63) is 0 Å². The second-order valence-electron chi connectivity index (χ2n) is 5.48. The van der Waals surface area contributed by atoms with E-state index in [1.807, 2.05) is 4.90 Å². The first-order valence-corrected chi connectivity index (χ1v) is 9.83. The minimum absolute atomic E-state index is 0.187. The molecule has 0 spiro atoms. The molecule has 4 heteroatoms. The van der Waals surface area contributed by atoms with Gasteiger partial charge in [0.25, 0.3) is 0 Å². The number of hydrogen-bond donors (Lipinski definition) is 1. The van der Waals surface area contributed by atoms with Crippen LogP contribution in [0.3, 0.4) is 0 Å². The van der Waals surface area contributed by atoms with Crippen molar-refractivity contribution in [3.8, 4) is 0 Å². The Hall–Kier alpha value is -0.211. The molecule has 0 atom stereocenters. The first-order chi connectivity index (χ1) is 9.27. The van der Waals surface area contributed by atoms with Gasteiger partial charge in [0.1, 0.15) is 0 Å². The molecule has 3 nitrogen and oxygen atoms in total. The van der Waals surface area contributed by atoms with Gasteiger partial charge >= 0.3 is 125 Å². The molecule has 2 amide bonds. The van der Waals surface area contributed by atoms with Crippen molar-refractivity contribution in [2.45, 2.75) is 76.5 Å². The van der Waals surface area contributed by atoms with Crippen molar-refractivity contribution < 1.29 is 4.79 Å². The van der Waals surface area contributed by atoms with Crippen LogP contribution < -0.4 is 4.33 Å². The number of unbranched alkanes of at least 4 members (excludes halogenated alkanes) is 2. The second-order valence-corrected chi connectivity index (χ2v) is 7.80. The number of nitrogens with zero attached hydrogens (tertiary/aromatic N) is 1. The molecule has 0 unspecified atom stereocenters. The summed E-state index contributed by atoms with van der Waals surface area (Å²) in [7, 11) is 0. The molecule has 0 saturated heterocycles. The van der Waals surface area contributed by atoms with Crippen LogP contribution in [0.5, 0.6) is 0 Å². The molecule has 0 aromatic heterocycles. The maximum atomic E-state index is 12.2. The summed E-state index contributed by atoms with van der Waals surface area (Å²) >= 11 is 0.300. The van der Waals surface area contributed by atoms with Gasteiger partial charge in [-0.15, -0.1) is 0 Å². The number of carbonyl (C=O) groups excluding carboxylic acids is 1. The summed E-state index contributed by atoms with van der Waals surface area (Å²) in [4.78, 5) is 15.0. The molecule has 112 valence electrons. The van der Waals surface area contributed by atoms with Crippen molar-refractivity contribution in [1.82, 2.24) is 9.23 Å². The van der Waals surface area contributed by atoms with Gasteiger partial charge in [-0.2, -0.15) is 0 Å². The standard InChI is InChI=1S/C15H30N2OSe/c1-3-5-12-17(13-6-4-2)15(18)16-19-14-10-8-7-9-11-14/h14H,3-13H2,1-2H3,(H,16,18). The van der Waals surface area contributed by atoms with E-state index in [0.29, 0.717) is 15.2 Å². The van der Waals surface area contributed by atoms with Crippen molar-refractivity contribution in [2.75, 3.05) is 13.1 Å². The van der Waals surface area contributed by atoms with Gasteiger partial charge in [0.15, 0.2) is 0 Å². The SMILES string of the molecule is CCCCN(CCCC)C(=O)N[Se]C1CCCCC1. The van der Waals surface area contributed by atoms with E-state index in [2.05, 4.69) is 18.2 Å². The third kappa shape index (κ3) is 7.22. The Morgan fingerprint density at radius 3 is 2.21 bits per heavy atom. The van der Waals surface area contributed by atoms with Crippen LogP contribution in [0.4, 0.5) is 4.79 Å². The molecule has 0 aromatic rings. The van der Waals surface area contributed by atoms with Gasteiger partial charge in [0, 0.05) is 0 Å². The number of hydrogen-bond acceptors (Lipinski definition) is 1. The van der Waals surface area contributed by atoms with E-state index in [1.165, 1.54) is 32.1 Å². The summed E-state index contributed by atoms with van der Waals surface area (Å²) < 4.78 is 3.22. The zero-order chi connectivity index (χ0) is 13.9. The predicted octanol–water partition coefficient (Wildman–Crippen LogP) is 3.97. The summed E-state index contributed by atoms with van der Waals surface area (Å²) in [5.41, 5.74) is 0. The molecule has 1 fully saturated rings. The van der Waals surface area contributed by atoms with Crippen LogP contribution in [0.1, 0.15) is 71.6 Å². The number of nitrogens with one attached hydrogen (secondary N) is 1. The van der Waals surface area contributed by atoms with E-state index in [1.54, 1.807) is 0 Å². The van der Waals surface area contributed by atoms with E-state index >= 15 is 0 Å². The average Bonchev–Trinajstić information content (AvgIpc) is 2.46. The Morgan fingerprint density at radius 1 is 1.11 bits per heavy atom. The Kier molecular flexibility index (Phi) is 9.36. The zero-order valence-corrected chi connectivity index (χ0v) is 14.3. The Balaban J connectivity index is 2.28. The summed E-state index contributed by atoms with van der Waals surface area (Å²) in [5, 5.41) is 0. The van der Waals surface area contributed by atoms with Gasteiger partial charge in [-0.25, -0.2) is 0 Å². The van der Waals surface area contributed by atoms with Crippen LogP contribution in [0.25, 0.3) is 0 Å². The fourth-order valence-corrected chi connectivity index (χ4v) is 4.42. The van der Waals surface area contributed by atoms with Crippen molar-refractivity contribution >= 4 is 21.2 Å². The molecule has 1 rings (SSSR count). The van der Waals surface area contributed by atoms with Crippen LogP contribution in [0, 0.1) is 0 Å². The summed E-state index contributed by atoms with van der Waals surface area (Å²) in [6.07, 6.45) is 11.3. The Labute approximate surface area is 125 Å². The number of urea groups is 1. The third-order valence-corrected chi connectivity index (χ3v) is 6.02. The van der Waals surface area contributed by atoms with Crippen molar-refractivity contribution in [1.29, 1.82) is 0 Å². The normalized spacial score (nSPS) is 16.3. The van der Waals surface area contributed by atoms with E-state index in [-0.39, 0.29) is 6.03 Å². The molecule has 0 aromatic carbocycles. The van der Waals surface area contributed by atoms with Crippen molar-refractivity contribution in [3.63, 3.8) is 0 Å². The van der Waals surface area contributed by atoms with Gasteiger partial charge in [0.2, 0.25) is 0 Å². The summed E-state index contributed by atoms with van der Waals surface area (Å²) in [6, 6.07) is 0.187. The van der Waals surface area contributed by atoms with Crippen LogP contribution in [-0.4, -0.2) is 39.2 Å². The van der Waals surface area contributed by atoms with Gasteiger partial charge in [-0.3, -0.25) is 0 Å². The monoisotopic (exact) mass is 334 g/mol. The minimum atomic E-state index is 0.187. The van der Waals surface area contributed by atoms with Crippen LogP contribution in [-0.2, 0) is 0 Å². The molecule has 19 heavy (non-hydrogen) atoms. The first kappa shape index (κ1) is 16.8. The molecular formula is C15H30N2OSe. The molecule has 0 aliphatic heterocycles. The number of amides is 2. The Bertz CT molecular complexity index is 234. The van der Waals surface area contributed by atoms with Crippen molar-refractivity contribution in [2.24, 2.45) is 0 Å². The number of carbonyl (C=O) groups is 1. The zero-order valence-electron chi connectivity index (χ0n) is 12.6. The number of rotatable bonds is 8. The molecule has 1 aliphatic rings. The van der Waals surface area contributed by atoms with Crippen LogP contribution >= 0.6 is 0 Å². The average molecular weight is 333 g/mol. The van der Waals surface area contributed by atoms with Gasteiger partial charge in [0.05, 0.1) is 0 Å². The maximum absolute atomic E-state index is 12.2. The molecule has 0 radical (unpaired) electrons. The van der Waals surface area contributed by atoms with E-state index in [0.717, 1.165) is 43.6 Å². The quantitative estimate of drug-likeness (QED) is 0.670. The molecular weight excluding hydrogens is 303 g/mol. The molecule has 1 aliphatic carbocycles. The fourth-order valence-electron chi connectivity index (χ4n) is 2.39. The van der Waals surface area contributed by atoms with Gasteiger partial charge in [-0.05, 0) is 0 Å². The second kappa shape index (κ2) is 10.6. The summed E-state index contributed by atoms with van der Waals surface area (Å²) in [5.74, 6) is 0. The fraction of sp³-hybridized carbons (Fsp3) is 0.933. The molecule has 1 saturated carbocycles. The molecule has 0 bridgehead atoms. The first-order valence-electron chi connectivity index (χ1n) is 7.98. The van der Waals surface area contributed by atoms with Crippen LogP contribution in [0.15, 0.2) is 0 Å². The predicted molar refractivity (Wildman–Crippen MR) is 82.5 cm³/mol. The van der Waals surface area contributed by atoms with Crippen LogP contribution in [0.2, 0.25) is 4.82 Å². The molecule has 0 heterocycles. The van der Waals surface area contributed by atoms with Gasteiger partial charge in [-0.1, -0.05) is 0 Å². The van der Waals surface area contributed by atoms with E-state index in [9.17, 15) is 4.79 Å². The van der Waals surface area contributed by atoms with Gasteiger partial charge < -0.3 is 0 Å². The Morgan fingerprint density at radius 2 is 1.68 bits per heavy atom. The van der Waals surface area contributed by atoms with E-state index < -0.39 is 0 Å². The third-order valence-electron chi connectivity index (χ3n) is 3.72.